The van der Waals surface area contributed by atoms with Crippen LogP contribution in [-0.4, -0.2) is 47.5 Å². The Balaban J connectivity index is 1.63. The highest BCUT2D eigenvalue weighted by atomic mass is 16.2. The number of nitrogens with zero attached hydrogens (tertiary/aromatic N) is 2. The first-order valence-corrected chi connectivity index (χ1v) is 8.96. The Morgan fingerprint density at radius 2 is 2.04 bits per heavy atom. The fourth-order valence-electron chi connectivity index (χ4n) is 3.26. The molecule has 0 aromatic carbocycles. The molecule has 1 aliphatic carbocycles. The Bertz CT molecular complexity index is 820. The molecular weight excluding hydrogens is 348 g/mol. The number of carbonyl (C=O) groups excluding carboxylic acids is 4. The van der Waals surface area contributed by atoms with E-state index in [0.717, 1.165) is 5.57 Å². The maximum Gasteiger partial charge on any atom is 0.324 e. The highest BCUT2D eigenvalue weighted by Gasteiger charge is 2.28. The van der Waals surface area contributed by atoms with E-state index in [-0.39, 0.29) is 48.9 Å². The molecule has 2 heterocycles. The van der Waals surface area contributed by atoms with Crippen LogP contribution in [0.5, 0.6) is 0 Å². The summed E-state index contributed by atoms with van der Waals surface area (Å²) in [6.07, 6.45) is 7.33. The molecule has 0 aromatic rings. The number of allylic oxidation sites excluding steroid dienone is 3. The van der Waals surface area contributed by atoms with Gasteiger partial charge in [0.05, 0.1) is 5.71 Å². The summed E-state index contributed by atoms with van der Waals surface area (Å²) in [6, 6.07) is -0.479. The first-order chi connectivity index (χ1) is 12.8. The number of amides is 5. The molecule has 1 fully saturated rings. The monoisotopic (exact) mass is 370 g/mol. The summed E-state index contributed by atoms with van der Waals surface area (Å²) in [5, 5.41) is 5.03. The van der Waals surface area contributed by atoms with Gasteiger partial charge in [0.1, 0.15) is 0 Å². The van der Waals surface area contributed by atoms with Gasteiger partial charge in [-0.25, -0.2) is 9.79 Å². The number of hydrogen-bond donors (Lipinski definition) is 2. The number of imide groups is 1. The smallest absolute Gasteiger partial charge is 0.324 e. The van der Waals surface area contributed by atoms with Crippen molar-refractivity contribution in [1.29, 1.82) is 0 Å². The van der Waals surface area contributed by atoms with E-state index < -0.39 is 6.03 Å². The molecule has 3 rings (SSSR count). The van der Waals surface area contributed by atoms with E-state index in [2.05, 4.69) is 15.6 Å². The van der Waals surface area contributed by atoms with Crippen LogP contribution in [0.1, 0.15) is 26.7 Å². The highest BCUT2D eigenvalue weighted by Crippen LogP contribution is 2.31. The molecule has 0 aromatic heterocycles. The second-order valence-electron chi connectivity index (χ2n) is 7.00. The maximum absolute atomic E-state index is 12.1. The molecule has 142 valence electrons. The van der Waals surface area contributed by atoms with Gasteiger partial charge in [0.25, 0.3) is 0 Å². The first kappa shape index (κ1) is 18.8. The van der Waals surface area contributed by atoms with E-state index in [1.54, 1.807) is 18.2 Å². The Morgan fingerprint density at radius 3 is 2.74 bits per heavy atom. The first-order valence-electron chi connectivity index (χ1n) is 8.96. The third kappa shape index (κ3) is 4.39. The Labute approximate surface area is 157 Å². The summed E-state index contributed by atoms with van der Waals surface area (Å²) in [5.74, 6) is -0.618. The van der Waals surface area contributed by atoms with E-state index in [0.29, 0.717) is 18.0 Å². The van der Waals surface area contributed by atoms with Gasteiger partial charge in [0.15, 0.2) is 0 Å². The topological polar surface area (TPSA) is 108 Å². The minimum absolute atomic E-state index is 0.00802. The largest absolute Gasteiger partial charge is 0.325 e. The predicted molar refractivity (Wildman–Crippen MR) is 98.6 cm³/mol. The molecule has 1 unspecified atom stereocenters. The molecule has 5 amide bonds. The highest BCUT2D eigenvalue weighted by molar-refractivity contribution is 6.11. The molecule has 0 saturated carbocycles. The van der Waals surface area contributed by atoms with E-state index in [9.17, 15) is 19.2 Å². The molecule has 0 spiro atoms. The molecule has 3 aliphatic rings. The zero-order valence-electron chi connectivity index (χ0n) is 15.3. The van der Waals surface area contributed by atoms with Crippen LogP contribution < -0.4 is 10.6 Å². The van der Waals surface area contributed by atoms with Crippen molar-refractivity contribution in [3.8, 4) is 0 Å². The third-order valence-corrected chi connectivity index (χ3v) is 4.68. The molecule has 0 radical (unpaired) electrons. The Kier molecular flexibility index (Phi) is 5.34. The lowest BCUT2D eigenvalue weighted by Gasteiger charge is -2.29. The van der Waals surface area contributed by atoms with Gasteiger partial charge in [-0.1, -0.05) is 19.9 Å². The van der Waals surface area contributed by atoms with Crippen molar-refractivity contribution in [3.05, 3.63) is 35.6 Å². The molecule has 1 saturated heterocycles. The standard InChI is InChI=1S/C19H22N4O4/c1-11(2)14-10-18(26)21-15-9-12(3-4-13(14)15)20-16(24)5-7-23-8-6-17(25)22-19(23)27/h3-4,9-11,13H,5-8H2,1-2H3,(H,21,26)(H,22,25,27). The van der Waals surface area contributed by atoms with E-state index in [1.165, 1.54) is 4.90 Å². The second kappa shape index (κ2) is 7.69. The summed E-state index contributed by atoms with van der Waals surface area (Å²) in [4.78, 5) is 52.3. The fourth-order valence-corrected chi connectivity index (χ4v) is 3.26. The van der Waals surface area contributed by atoms with E-state index in [4.69, 9.17) is 0 Å². The molecule has 27 heavy (non-hydrogen) atoms. The maximum atomic E-state index is 12.1. The number of urea groups is 1. The van der Waals surface area contributed by atoms with Crippen LogP contribution in [0.15, 0.2) is 40.6 Å². The lowest BCUT2D eigenvalue weighted by molar-refractivity contribution is -0.121. The molecule has 2 aliphatic heterocycles. The van der Waals surface area contributed by atoms with Gasteiger partial charge in [-0.2, -0.15) is 0 Å². The Morgan fingerprint density at radius 1 is 1.26 bits per heavy atom. The van der Waals surface area contributed by atoms with Crippen molar-refractivity contribution in [2.75, 3.05) is 13.1 Å². The zero-order chi connectivity index (χ0) is 19.6. The van der Waals surface area contributed by atoms with Crippen LogP contribution in [-0.2, 0) is 14.4 Å². The van der Waals surface area contributed by atoms with Crippen LogP contribution in [0.2, 0.25) is 0 Å². The number of hydrogen-bond acceptors (Lipinski definition) is 4. The zero-order valence-corrected chi connectivity index (χ0v) is 15.3. The predicted octanol–water partition coefficient (Wildman–Crippen LogP) is 1.07. The van der Waals surface area contributed by atoms with Crippen molar-refractivity contribution >= 4 is 29.5 Å². The second-order valence-corrected chi connectivity index (χ2v) is 7.00. The van der Waals surface area contributed by atoms with Crippen molar-refractivity contribution in [2.24, 2.45) is 16.8 Å². The number of nitrogens with one attached hydrogen (secondary N) is 2. The van der Waals surface area contributed by atoms with E-state index >= 15 is 0 Å². The molecule has 8 heteroatoms. The van der Waals surface area contributed by atoms with Gasteiger partial charge in [0.2, 0.25) is 17.7 Å². The number of fused-ring (bicyclic) bond motifs is 1. The minimum atomic E-state index is -0.479. The molecular formula is C19H22N4O4. The van der Waals surface area contributed by atoms with E-state index in [1.807, 2.05) is 19.9 Å². The van der Waals surface area contributed by atoms with Crippen molar-refractivity contribution < 1.29 is 19.2 Å². The number of rotatable bonds is 4. The lowest BCUT2D eigenvalue weighted by Crippen LogP contribution is -2.49. The molecule has 8 nitrogen and oxygen atoms in total. The van der Waals surface area contributed by atoms with Gasteiger partial charge in [-0.05, 0) is 23.6 Å². The van der Waals surface area contributed by atoms with Crippen LogP contribution in [0.4, 0.5) is 4.79 Å². The van der Waals surface area contributed by atoms with Gasteiger partial charge < -0.3 is 10.2 Å². The Hall–Kier alpha value is -3.03. The average Bonchev–Trinajstić information content (AvgIpc) is 2.59. The van der Waals surface area contributed by atoms with Crippen molar-refractivity contribution in [3.63, 3.8) is 0 Å². The average molecular weight is 370 g/mol. The SMILES string of the molecule is CC(C)C1=CC(=O)NC2=CC(=NC(=O)CCN3CCC(=O)NC3=O)C=CC21. The fraction of sp³-hybridized carbons (Fsp3) is 0.421. The normalized spacial score (nSPS) is 23.7. The van der Waals surface area contributed by atoms with Crippen LogP contribution in [0, 0.1) is 11.8 Å². The van der Waals surface area contributed by atoms with Crippen molar-refractivity contribution in [1.82, 2.24) is 15.5 Å². The molecule has 1 atom stereocenters. The van der Waals surface area contributed by atoms with Gasteiger partial charge in [-0.15, -0.1) is 0 Å². The third-order valence-electron chi connectivity index (χ3n) is 4.68. The number of carbonyl (C=O) groups is 4. The van der Waals surface area contributed by atoms with Gasteiger partial charge in [0, 0.05) is 43.6 Å². The molecule has 2 N–H and O–H groups in total. The summed E-state index contributed by atoms with van der Waals surface area (Å²) in [6.45, 7) is 4.58. The van der Waals surface area contributed by atoms with Crippen LogP contribution in [0.3, 0.4) is 0 Å². The summed E-state index contributed by atoms with van der Waals surface area (Å²) in [7, 11) is 0. The number of aliphatic imine (C=N–C) groups is 1. The summed E-state index contributed by atoms with van der Waals surface area (Å²) < 4.78 is 0. The summed E-state index contributed by atoms with van der Waals surface area (Å²) >= 11 is 0. The van der Waals surface area contributed by atoms with Crippen molar-refractivity contribution in [2.45, 2.75) is 26.7 Å². The summed E-state index contributed by atoms with van der Waals surface area (Å²) in [5.41, 5.74) is 2.21. The van der Waals surface area contributed by atoms with Gasteiger partial charge in [-0.3, -0.25) is 19.7 Å². The van der Waals surface area contributed by atoms with Gasteiger partial charge >= 0.3 is 6.03 Å². The van der Waals surface area contributed by atoms with Crippen LogP contribution >= 0.6 is 0 Å². The molecule has 0 bridgehead atoms. The van der Waals surface area contributed by atoms with Crippen LogP contribution in [0.25, 0.3) is 0 Å². The minimum Gasteiger partial charge on any atom is -0.325 e. The quantitative estimate of drug-likeness (QED) is 0.771. The lowest BCUT2D eigenvalue weighted by atomic mass is 9.82.